The number of carbonyl (C=O) groups is 1. The molecule has 1 radical (unpaired) electrons. The maximum Gasteiger partial charge on any atom is 0 e. The summed E-state index contributed by atoms with van der Waals surface area (Å²) >= 11 is 0. The zero-order valence-corrected chi connectivity index (χ0v) is 3.36. The van der Waals surface area contributed by atoms with Gasteiger partial charge in [0.15, 0.2) is 0 Å². The van der Waals surface area contributed by atoms with E-state index in [1.54, 1.807) is 0 Å². The van der Waals surface area contributed by atoms with Crippen molar-refractivity contribution < 1.29 is 32.1 Å². The number of carboxylic acid groups (broad SMARTS) is 2. The second kappa shape index (κ2) is 9.06. The molecular formula is CH5GaMnO3. The molecule has 0 aromatic rings. The summed E-state index contributed by atoms with van der Waals surface area (Å²) in [4.78, 5) is 8.56. The van der Waals surface area contributed by atoms with Crippen molar-refractivity contribution in [2.24, 2.45) is 0 Å². The maximum atomic E-state index is 8.56. The largest absolute Gasteiger partial charge is 0 e. The van der Waals surface area contributed by atoms with Crippen molar-refractivity contribution in [3.8, 4) is 0 Å². The first-order valence-electron chi connectivity index (χ1n) is 0.651. The Kier molecular flexibility index (Phi) is 24.3. The first kappa shape index (κ1) is 16.1. The van der Waals surface area contributed by atoms with Gasteiger partial charge in [0.2, 0.25) is 0 Å². The van der Waals surface area contributed by atoms with Crippen LogP contribution in [0.4, 0.5) is 4.79 Å². The minimum absolute atomic E-state index is 0. The van der Waals surface area contributed by atoms with Crippen LogP contribution in [0, 0.1) is 0 Å². The van der Waals surface area contributed by atoms with Crippen molar-refractivity contribution in [1.82, 2.24) is 0 Å². The molecule has 37 valence electrons. The summed E-state index contributed by atoms with van der Waals surface area (Å²) in [5.41, 5.74) is 0. The van der Waals surface area contributed by atoms with Crippen LogP contribution in [0.3, 0.4) is 0 Å². The van der Waals surface area contributed by atoms with Crippen LogP contribution in [0.15, 0.2) is 0 Å². The fourth-order valence-corrected chi connectivity index (χ4v) is 0. The Morgan fingerprint density at radius 2 is 1.33 bits per heavy atom. The van der Waals surface area contributed by atoms with E-state index in [4.69, 9.17) is 15.0 Å². The molecule has 0 fully saturated rings. The Labute approximate surface area is 58.3 Å². The Balaban J connectivity index is -0.0000000450. The average molecular weight is 190 g/mol. The molecular weight excluding hydrogens is 185 g/mol. The molecule has 0 aliphatic rings. The van der Waals surface area contributed by atoms with Gasteiger partial charge in [-0.3, -0.25) is 0 Å². The Morgan fingerprint density at radius 3 is 1.33 bits per heavy atom. The molecule has 0 spiro atoms. The Hall–Kier alpha value is 0.426. The van der Waals surface area contributed by atoms with Gasteiger partial charge in [-0.05, 0) is 0 Å². The van der Waals surface area contributed by atoms with Gasteiger partial charge in [-0.2, -0.15) is 0 Å². The van der Waals surface area contributed by atoms with E-state index >= 15 is 0 Å². The number of hydrogen-bond donors (Lipinski definition) is 2. The first-order chi connectivity index (χ1) is 1.73. The second-order valence-electron chi connectivity index (χ2n) is 0.283. The van der Waals surface area contributed by atoms with E-state index in [2.05, 4.69) is 0 Å². The van der Waals surface area contributed by atoms with Crippen LogP contribution < -0.4 is 0 Å². The summed E-state index contributed by atoms with van der Waals surface area (Å²) in [5.74, 6) is 0. The molecule has 0 rings (SSSR count). The molecule has 0 unspecified atom stereocenters. The number of rotatable bonds is 0. The molecule has 0 aromatic carbocycles. The molecule has 3 nitrogen and oxygen atoms in total. The van der Waals surface area contributed by atoms with Crippen LogP contribution in [-0.4, -0.2) is 36.2 Å². The molecule has 0 saturated carbocycles. The predicted molar refractivity (Wildman–Crippen MR) is 20.6 cm³/mol. The van der Waals surface area contributed by atoms with E-state index in [0.717, 1.165) is 0 Å². The predicted octanol–water partition coefficient (Wildman–Crippen LogP) is -0.964. The van der Waals surface area contributed by atoms with E-state index in [1.165, 1.54) is 0 Å². The molecule has 2 N–H and O–H groups in total. The first-order valence-corrected chi connectivity index (χ1v) is 0.651. The van der Waals surface area contributed by atoms with Crippen molar-refractivity contribution in [2.75, 3.05) is 0 Å². The molecule has 0 aliphatic carbocycles. The van der Waals surface area contributed by atoms with Crippen molar-refractivity contribution in [3.63, 3.8) is 0 Å². The summed E-state index contributed by atoms with van der Waals surface area (Å²) in [6.45, 7) is 0. The number of hydrogen-bond acceptors (Lipinski definition) is 1. The van der Waals surface area contributed by atoms with Crippen molar-refractivity contribution in [3.05, 3.63) is 0 Å². The van der Waals surface area contributed by atoms with Crippen molar-refractivity contribution in [1.29, 1.82) is 0 Å². The summed E-state index contributed by atoms with van der Waals surface area (Å²) in [7, 11) is 0. The van der Waals surface area contributed by atoms with Crippen LogP contribution in [0.1, 0.15) is 0 Å². The smallest absolute Gasteiger partial charge is 0 e. The van der Waals surface area contributed by atoms with Crippen LogP contribution in [0.25, 0.3) is 0 Å². The van der Waals surface area contributed by atoms with Crippen LogP contribution >= 0.6 is 0 Å². The Bertz CT molecular complexity index is 33.8. The second-order valence-corrected chi connectivity index (χ2v) is 0.283. The third-order valence-corrected chi connectivity index (χ3v) is 0. The molecule has 0 aliphatic heterocycles. The minimum atomic E-state index is -1.83. The summed E-state index contributed by atoms with van der Waals surface area (Å²) in [6, 6.07) is 0. The zero-order chi connectivity index (χ0) is 3.58. The molecule has 5 heteroatoms. The summed E-state index contributed by atoms with van der Waals surface area (Å²) < 4.78 is 0. The zero-order valence-electron chi connectivity index (χ0n) is 2.18. The summed E-state index contributed by atoms with van der Waals surface area (Å²) in [5, 5.41) is 13.9. The van der Waals surface area contributed by atoms with Gasteiger partial charge in [0.25, 0.3) is 0 Å². The topological polar surface area (TPSA) is 57.5 Å². The molecule has 0 heterocycles. The molecule has 0 saturated heterocycles. The van der Waals surface area contributed by atoms with E-state index in [9.17, 15) is 0 Å². The van der Waals surface area contributed by atoms with Gasteiger partial charge >= 0.3 is 25.9 Å². The maximum absolute atomic E-state index is 8.56. The van der Waals surface area contributed by atoms with Gasteiger partial charge < -0.3 is 10.2 Å². The fourth-order valence-electron chi connectivity index (χ4n) is 0. The van der Waals surface area contributed by atoms with Crippen molar-refractivity contribution >= 4 is 25.9 Å². The average Bonchev–Trinajstić information content (AvgIpc) is 0.811. The van der Waals surface area contributed by atoms with Gasteiger partial charge in [0.1, 0.15) is 0 Å². The van der Waals surface area contributed by atoms with E-state index in [1.807, 2.05) is 0 Å². The third-order valence-electron chi connectivity index (χ3n) is 0. The third kappa shape index (κ3) is 286. The monoisotopic (exact) mass is 189 g/mol. The summed E-state index contributed by atoms with van der Waals surface area (Å²) in [6.07, 6.45) is -1.83. The fraction of sp³-hybridized carbons (Fsp3) is 0. The normalized spacial score (nSPS) is 4.00. The molecule has 0 amide bonds. The molecule has 0 atom stereocenters. The molecule has 0 aromatic heterocycles. The quantitative estimate of drug-likeness (QED) is 0.483. The van der Waals surface area contributed by atoms with Crippen molar-refractivity contribution in [2.45, 2.75) is 0 Å². The van der Waals surface area contributed by atoms with E-state index in [0.29, 0.717) is 0 Å². The van der Waals surface area contributed by atoms with Gasteiger partial charge in [-0.15, -0.1) is 0 Å². The molecule has 0 bridgehead atoms. The standard InChI is InChI=1S/CH2O3.Ga.Mn.3H/c2-1(3)4;;;;;/h(H2,2,3,4);;;;;. The van der Waals surface area contributed by atoms with Gasteiger partial charge in [0, 0.05) is 17.1 Å². The van der Waals surface area contributed by atoms with E-state index in [-0.39, 0.29) is 36.9 Å². The van der Waals surface area contributed by atoms with Crippen LogP contribution in [0.2, 0.25) is 0 Å². The van der Waals surface area contributed by atoms with Gasteiger partial charge in [0.05, 0.1) is 0 Å². The van der Waals surface area contributed by atoms with Crippen LogP contribution in [-0.2, 0) is 17.1 Å². The Morgan fingerprint density at radius 1 is 1.33 bits per heavy atom. The molecule has 6 heavy (non-hydrogen) atoms. The van der Waals surface area contributed by atoms with Gasteiger partial charge in [-0.1, -0.05) is 0 Å². The van der Waals surface area contributed by atoms with Crippen LogP contribution in [0.5, 0.6) is 0 Å². The van der Waals surface area contributed by atoms with E-state index < -0.39 is 6.16 Å². The SMILES string of the molecule is O=C(O)O.[GaH3].[Mn]. The minimum Gasteiger partial charge on any atom is 0 e. The van der Waals surface area contributed by atoms with Gasteiger partial charge in [-0.25, -0.2) is 4.79 Å².